The van der Waals surface area contributed by atoms with Gasteiger partial charge in [-0.05, 0) is 24.1 Å². The maximum absolute atomic E-state index is 12.9. The molecular formula is C13H16FNO5S. The zero-order valence-corrected chi connectivity index (χ0v) is 12.3. The quantitative estimate of drug-likeness (QED) is 0.814. The first kappa shape index (κ1) is 15.6. The average molecular weight is 317 g/mol. The second kappa shape index (κ2) is 5.88. The van der Waals surface area contributed by atoms with Gasteiger partial charge in [0, 0.05) is 19.5 Å². The first-order valence-electron chi connectivity index (χ1n) is 6.38. The number of amides is 1. The van der Waals surface area contributed by atoms with Gasteiger partial charge in [-0.2, -0.15) is 8.42 Å². The van der Waals surface area contributed by atoms with Gasteiger partial charge >= 0.3 is 10.2 Å². The van der Waals surface area contributed by atoms with Crippen LogP contribution in [0, 0.1) is 0 Å². The number of methoxy groups -OCH3 is 1. The molecule has 0 spiro atoms. The highest BCUT2D eigenvalue weighted by molar-refractivity contribution is 7.87. The van der Waals surface area contributed by atoms with Gasteiger partial charge in [0.1, 0.15) is 5.25 Å². The Hall–Kier alpha value is -1.83. The zero-order chi connectivity index (χ0) is 15.6. The van der Waals surface area contributed by atoms with E-state index in [2.05, 4.69) is 0 Å². The number of aromatic hydroxyl groups is 1. The van der Waals surface area contributed by atoms with E-state index in [1.54, 1.807) is 12.1 Å². The number of hydrogen-bond donors (Lipinski definition) is 1. The fourth-order valence-electron chi connectivity index (χ4n) is 2.30. The fourth-order valence-corrected chi connectivity index (χ4v) is 3.00. The lowest BCUT2D eigenvalue weighted by Gasteiger charge is -2.16. The van der Waals surface area contributed by atoms with Gasteiger partial charge in [0.05, 0.1) is 7.11 Å². The van der Waals surface area contributed by atoms with E-state index in [0.717, 1.165) is 5.56 Å². The molecule has 1 N–H and O–H groups in total. The number of hydrogen-bond acceptors (Lipinski definition) is 5. The smallest absolute Gasteiger partial charge is 0.307 e. The van der Waals surface area contributed by atoms with Crippen LogP contribution >= 0.6 is 0 Å². The monoisotopic (exact) mass is 317 g/mol. The molecule has 0 saturated carbocycles. The molecule has 21 heavy (non-hydrogen) atoms. The molecule has 1 aromatic carbocycles. The summed E-state index contributed by atoms with van der Waals surface area (Å²) < 4.78 is 39.5. The summed E-state index contributed by atoms with van der Waals surface area (Å²) in [6, 6.07) is 4.86. The largest absolute Gasteiger partial charge is 0.504 e. The van der Waals surface area contributed by atoms with Crippen molar-refractivity contribution >= 4 is 16.1 Å². The molecule has 8 heteroatoms. The molecular weight excluding hydrogens is 301 g/mol. The van der Waals surface area contributed by atoms with Gasteiger partial charge in [0.2, 0.25) is 5.91 Å². The van der Waals surface area contributed by atoms with Crippen molar-refractivity contribution in [3.63, 3.8) is 0 Å². The van der Waals surface area contributed by atoms with E-state index in [4.69, 9.17) is 4.74 Å². The second-order valence-corrected chi connectivity index (χ2v) is 6.52. The number of phenolic OH excluding ortho intramolecular Hbond substituents is 1. The molecule has 0 aliphatic carbocycles. The van der Waals surface area contributed by atoms with Crippen molar-refractivity contribution < 1.29 is 26.9 Å². The zero-order valence-electron chi connectivity index (χ0n) is 11.5. The maximum atomic E-state index is 12.9. The Kier molecular flexibility index (Phi) is 4.36. The molecule has 2 rings (SSSR count). The summed E-state index contributed by atoms with van der Waals surface area (Å²) in [6.07, 6.45) is 0.120. The topological polar surface area (TPSA) is 83.9 Å². The molecule has 0 aromatic heterocycles. The number of ether oxygens (including phenoxy) is 1. The lowest BCUT2D eigenvalue weighted by atomic mass is 10.1. The molecule has 1 heterocycles. The summed E-state index contributed by atoms with van der Waals surface area (Å²) in [5.41, 5.74) is 0.771. The third kappa shape index (κ3) is 3.63. The molecule has 116 valence electrons. The fraction of sp³-hybridized carbons (Fsp3) is 0.462. The summed E-state index contributed by atoms with van der Waals surface area (Å²) in [7, 11) is -3.25. The van der Waals surface area contributed by atoms with E-state index in [1.165, 1.54) is 18.1 Å². The van der Waals surface area contributed by atoms with Crippen LogP contribution in [0.2, 0.25) is 0 Å². The number of carbonyl (C=O) groups excluding carboxylic acids is 1. The van der Waals surface area contributed by atoms with Crippen molar-refractivity contribution in [3.05, 3.63) is 23.8 Å². The number of likely N-dealkylation sites (tertiary alicyclic amines) is 1. The third-order valence-electron chi connectivity index (χ3n) is 3.49. The summed E-state index contributed by atoms with van der Waals surface area (Å²) in [4.78, 5) is 13.0. The molecule has 1 amide bonds. The van der Waals surface area contributed by atoms with Crippen molar-refractivity contribution in [3.8, 4) is 11.5 Å². The van der Waals surface area contributed by atoms with Crippen LogP contribution in [0.15, 0.2) is 18.2 Å². The normalized spacial score (nSPS) is 19.0. The predicted octanol–water partition coefficient (Wildman–Crippen LogP) is 0.844. The van der Waals surface area contributed by atoms with E-state index in [9.17, 15) is 22.2 Å². The Morgan fingerprint density at radius 2 is 2.19 bits per heavy atom. The van der Waals surface area contributed by atoms with Gasteiger partial charge in [-0.3, -0.25) is 4.79 Å². The van der Waals surface area contributed by atoms with Crippen LogP contribution in [0.3, 0.4) is 0 Å². The average Bonchev–Trinajstić information content (AvgIpc) is 2.78. The first-order chi connectivity index (χ1) is 9.81. The number of carbonyl (C=O) groups is 1. The molecule has 1 atom stereocenters. The molecule has 1 unspecified atom stereocenters. The van der Waals surface area contributed by atoms with E-state index < -0.39 is 15.5 Å². The summed E-state index contributed by atoms with van der Waals surface area (Å²) in [5.74, 6) is -0.0366. The first-order valence-corrected chi connectivity index (χ1v) is 7.83. The van der Waals surface area contributed by atoms with Crippen molar-refractivity contribution in [2.75, 3.05) is 20.2 Å². The number of phenols is 1. The lowest BCUT2D eigenvalue weighted by Crippen LogP contribution is -2.29. The highest BCUT2D eigenvalue weighted by Gasteiger charge is 2.37. The van der Waals surface area contributed by atoms with Crippen LogP contribution in [0.5, 0.6) is 11.5 Å². The molecule has 1 aliphatic heterocycles. The van der Waals surface area contributed by atoms with E-state index in [0.29, 0.717) is 12.2 Å². The van der Waals surface area contributed by atoms with E-state index in [-0.39, 0.29) is 31.2 Å². The van der Waals surface area contributed by atoms with Crippen LogP contribution in [0.1, 0.15) is 12.0 Å². The number of rotatable bonds is 5. The number of benzene rings is 1. The van der Waals surface area contributed by atoms with Gasteiger partial charge in [0.25, 0.3) is 0 Å². The van der Waals surface area contributed by atoms with Crippen molar-refractivity contribution in [2.24, 2.45) is 0 Å². The van der Waals surface area contributed by atoms with Crippen LogP contribution in [0.4, 0.5) is 3.89 Å². The predicted molar refractivity (Wildman–Crippen MR) is 73.4 cm³/mol. The Morgan fingerprint density at radius 1 is 1.48 bits per heavy atom. The molecule has 1 saturated heterocycles. The van der Waals surface area contributed by atoms with Crippen molar-refractivity contribution in [2.45, 2.75) is 18.1 Å². The number of halogens is 1. The van der Waals surface area contributed by atoms with Gasteiger partial charge < -0.3 is 14.7 Å². The van der Waals surface area contributed by atoms with Crippen molar-refractivity contribution in [1.82, 2.24) is 4.90 Å². The molecule has 1 aliphatic rings. The Bertz CT molecular complexity index is 646. The van der Waals surface area contributed by atoms with Gasteiger partial charge in [-0.15, -0.1) is 3.89 Å². The highest BCUT2D eigenvalue weighted by atomic mass is 32.3. The van der Waals surface area contributed by atoms with Gasteiger partial charge in [0.15, 0.2) is 11.5 Å². The molecule has 6 nitrogen and oxygen atoms in total. The Balaban J connectivity index is 1.97. The van der Waals surface area contributed by atoms with Gasteiger partial charge in [-0.25, -0.2) is 0 Å². The molecule has 1 fully saturated rings. The van der Waals surface area contributed by atoms with Gasteiger partial charge in [-0.1, -0.05) is 6.07 Å². The molecule has 1 aromatic rings. The third-order valence-corrected chi connectivity index (χ3v) is 4.60. The van der Waals surface area contributed by atoms with Crippen LogP contribution < -0.4 is 4.74 Å². The summed E-state index contributed by atoms with van der Waals surface area (Å²) >= 11 is 0. The summed E-state index contributed by atoms with van der Waals surface area (Å²) in [6.45, 7) is 0.149. The van der Waals surface area contributed by atoms with Crippen LogP contribution in [0.25, 0.3) is 0 Å². The Labute approximate surface area is 122 Å². The molecule has 0 bridgehead atoms. The summed E-state index contributed by atoms with van der Waals surface area (Å²) in [5, 5.41) is 8.38. The minimum Gasteiger partial charge on any atom is -0.504 e. The Morgan fingerprint density at radius 3 is 2.71 bits per heavy atom. The minimum atomic E-state index is -4.69. The number of nitrogens with zero attached hydrogens (tertiary/aromatic N) is 1. The highest BCUT2D eigenvalue weighted by Crippen LogP contribution is 2.27. The standard InChI is InChI=1S/C13H16FNO5S/c1-20-12-3-2-9(6-11(12)16)4-5-15-8-10(7-13(15)17)21(14,18)19/h2-3,6,10,16H,4-5,7-8H2,1H3. The van der Waals surface area contributed by atoms with Crippen LogP contribution in [-0.2, 0) is 21.4 Å². The van der Waals surface area contributed by atoms with Crippen molar-refractivity contribution in [1.29, 1.82) is 0 Å². The SMILES string of the molecule is COc1ccc(CCN2CC(S(=O)(=O)F)CC2=O)cc1O. The molecule has 0 radical (unpaired) electrons. The van der Waals surface area contributed by atoms with Crippen LogP contribution in [-0.4, -0.2) is 49.8 Å². The maximum Gasteiger partial charge on any atom is 0.307 e. The second-order valence-electron chi connectivity index (χ2n) is 4.90. The minimum absolute atomic E-state index is 0.00744. The van der Waals surface area contributed by atoms with E-state index >= 15 is 0 Å². The van der Waals surface area contributed by atoms with E-state index in [1.807, 2.05) is 0 Å². The lowest BCUT2D eigenvalue weighted by molar-refractivity contribution is -0.127.